The average Bonchev–Trinajstić information content (AvgIpc) is 2.86. The van der Waals surface area contributed by atoms with E-state index in [1.807, 2.05) is 18.2 Å². The predicted molar refractivity (Wildman–Crippen MR) is 136 cm³/mol. The van der Waals surface area contributed by atoms with Gasteiger partial charge < -0.3 is 35.4 Å². The Balaban J connectivity index is 0.000000476. The van der Waals surface area contributed by atoms with E-state index in [2.05, 4.69) is 60.7 Å². The van der Waals surface area contributed by atoms with E-state index in [1.165, 1.54) is 11.1 Å². The molecule has 1 aromatic heterocycles. The molecule has 0 unspecified atom stereocenters. The number of rotatable bonds is 7. The van der Waals surface area contributed by atoms with Gasteiger partial charge in [0.05, 0.1) is 12.6 Å². The molecule has 0 aliphatic carbocycles. The van der Waals surface area contributed by atoms with Gasteiger partial charge in [-0.3, -0.25) is 0 Å². The lowest BCUT2D eigenvalue weighted by Gasteiger charge is -2.13. The molecule has 0 bridgehead atoms. The second-order valence-electron chi connectivity index (χ2n) is 7.61. The van der Waals surface area contributed by atoms with Gasteiger partial charge in [0, 0.05) is 18.0 Å². The highest BCUT2D eigenvalue weighted by atomic mass is 16.5. The molecule has 198 valence electrons. The zero-order valence-corrected chi connectivity index (χ0v) is 20.5. The molecular formula is C25H29N3O9. The highest BCUT2D eigenvalue weighted by Crippen LogP contribution is 2.32. The topological polar surface area (TPSA) is 187 Å². The van der Waals surface area contributed by atoms with Crippen LogP contribution in [0, 0.1) is 0 Å². The summed E-state index contributed by atoms with van der Waals surface area (Å²) in [5, 5.41) is 34.2. The summed E-state index contributed by atoms with van der Waals surface area (Å²) in [6.07, 6.45) is 1.07. The first-order chi connectivity index (χ1) is 17.5. The average molecular weight is 516 g/mol. The number of hydrogen-bond donors (Lipinski definition) is 5. The van der Waals surface area contributed by atoms with Gasteiger partial charge in [-0.2, -0.15) is 0 Å². The fourth-order valence-electron chi connectivity index (χ4n) is 2.89. The number of anilines is 1. The van der Waals surface area contributed by atoms with Gasteiger partial charge in [0.15, 0.2) is 0 Å². The standard InChI is InChI=1S/C21H25N3O.2C2H2O4/c1-24(2)13-7-12-22-21-15-19(16-8-5-4-6-9-16)18-11-10-17(25-3)14-20(18)23-21;2*3-1(4)2(5)6/h4-6,8-11,14-15H,7,12-13H2,1-3H3,(H,22,23);2*(H,3,4)(H,5,6). The lowest BCUT2D eigenvalue weighted by atomic mass is 10.0. The van der Waals surface area contributed by atoms with Crippen molar-refractivity contribution in [2.24, 2.45) is 0 Å². The molecule has 3 aromatic rings. The summed E-state index contributed by atoms with van der Waals surface area (Å²) in [5.41, 5.74) is 3.32. The lowest BCUT2D eigenvalue weighted by molar-refractivity contribution is -0.159. The van der Waals surface area contributed by atoms with Crippen molar-refractivity contribution in [3.8, 4) is 16.9 Å². The minimum Gasteiger partial charge on any atom is -0.497 e. The number of carbonyl (C=O) groups is 4. The summed E-state index contributed by atoms with van der Waals surface area (Å²) in [6.45, 7) is 1.95. The molecule has 0 spiro atoms. The summed E-state index contributed by atoms with van der Waals surface area (Å²) < 4.78 is 5.37. The fraction of sp³-hybridized carbons (Fsp3) is 0.240. The first kappa shape index (κ1) is 30.3. The lowest BCUT2D eigenvalue weighted by Crippen LogP contribution is -2.16. The van der Waals surface area contributed by atoms with Gasteiger partial charge in [0.25, 0.3) is 0 Å². The van der Waals surface area contributed by atoms with Gasteiger partial charge in [-0.1, -0.05) is 30.3 Å². The van der Waals surface area contributed by atoms with Crippen LogP contribution in [0.1, 0.15) is 6.42 Å². The number of nitrogens with one attached hydrogen (secondary N) is 1. The van der Waals surface area contributed by atoms with E-state index in [0.717, 1.165) is 42.0 Å². The number of nitrogens with zero attached hydrogens (tertiary/aromatic N) is 2. The number of aromatic nitrogens is 1. The van der Waals surface area contributed by atoms with Gasteiger partial charge in [-0.25, -0.2) is 24.2 Å². The molecular weight excluding hydrogens is 486 g/mol. The molecule has 0 saturated heterocycles. The van der Waals surface area contributed by atoms with Crippen molar-refractivity contribution in [2.75, 3.05) is 39.6 Å². The quantitative estimate of drug-likeness (QED) is 0.229. The van der Waals surface area contributed by atoms with Crippen LogP contribution >= 0.6 is 0 Å². The molecule has 1 heterocycles. The van der Waals surface area contributed by atoms with Crippen LogP contribution in [-0.2, 0) is 19.2 Å². The van der Waals surface area contributed by atoms with Gasteiger partial charge >= 0.3 is 23.9 Å². The Hall–Kier alpha value is -4.71. The van der Waals surface area contributed by atoms with E-state index >= 15 is 0 Å². The van der Waals surface area contributed by atoms with Crippen LogP contribution in [0.2, 0.25) is 0 Å². The third kappa shape index (κ3) is 11.0. The Bertz CT molecular complexity index is 1170. The van der Waals surface area contributed by atoms with Crippen LogP contribution in [0.5, 0.6) is 5.75 Å². The fourth-order valence-corrected chi connectivity index (χ4v) is 2.89. The van der Waals surface area contributed by atoms with Gasteiger partial charge in [-0.15, -0.1) is 0 Å². The molecule has 0 aliphatic rings. The Morgan fingerprint density at radius 2 is 1.43 bits per heavy atom. The van der Waals surface area contributed by atoms with Crippen molar-refractivity contribution in [1.29, 1.82) is 0 Å². The van der Waals surface area contributed by atoms with Gasteiger partial charge in [-0.05, 0) is 56.4 Å². The molecule has 12 nitrogen and oxygen atoms in total. The Morgan fingerprint density at radius 1 is 0.865 bits per heavy atom. The minimum atomic E-state index is -1.82. The normalized spacial score (nSPS) is 9.84. The molecule has 2 aromatic carbocycles. The predicted octanol–water partition coefficient (Wildman–Crippen LogP) is 2.59. The van der Waals surface area contributed by atoms with Crippen molar-refractivity contribution >= 4 is 40.6 Å². The number of ether oxygens (including phenoxy) is 1. The molecule has 0 radical (unpaired) electrons. The molecule has 0 amide bonds. The third-order valence-corrected chi connectivity index (χ3v) is 4.56. The van der Waals surface area contributed by atoms with Gasteiger partial charge in [0.1, 0.15) is 11.6 Å². The van der Waals surface area contributed by atoms with Gasteiger partial charge in [0.2, 0.25) is 0 Å². The molecule has 37 heavy (non-hydrogen) atoms. The molecule has 12 heteroatoms. The number of aliphatic carboxylic acids is 4. The van der Waals surface area contributed by atoms with Crippen LogP contribution < -0.4 is 10.1 Å². The smallest absolute Gasteiger partial charge is 0.414 e. The minimum absolute atomic E-state index is 0.823. The summed E-state index contributed by atoms with van der Waals surface area (Å²) >= 11 is 0. The number of benzene rings is 2. The first-order valence-corrected chi connectivity index (χ1v) is 10.8. The second-order valence-corrected chi connectivity index (χ2v) is 7.61. The molecule has 5 N–H and O–H groups in total. The van der Waals surface area contributed by atoms with Crippen molar-refractivity contribution in [2.45, 2.75) is 6.42 Å². The zero-order chi connectivity index (χ0) is 28.0. The number of pyridine rings is 1. The number of carboxylic acid groups (broad SMARTS) is 4. The van der Waals surface area contributed by atoms with Crippen LogP contribution in [-0.4, -0.2) is 88.5 Å². The van der Waals surface area contributed by atoms with Crippen molar-refractivity contribution in [3.05, 3.63) is 54.6 Å². The van der Waals surface area contributed by atoms with E-state index in [4.69, 9.17) is 49.3 Å². The highest BCUT2D eigenvalue weighted by Gasteiger charge is 2.09. The monoisotopic (exact) mass is 515 g/mol. The van der Waals surface area contributed by atoms with Crippen LogP contribution in [0.25, 0.3) is 22.0 Å². The van der Waals surface area contributed by atoms with E-state index in [1.54, 1.807) is 7.11 Å². The number of hydrogen-bond acceptors (Lipinski definition) is 8. The first-order valence-electron chi connectivity index (χ1n) is 10.8. The van der Waals surface area contributed by atoms with Crippen molar-refractivity contribution in [1.82, 2.24) is 9.88 Å². The second kappa shape index (κ2) is 15.3. The van der Waals surface area contributed by atoms with Crippen LogP contribution in [0.15, 0.2) is 54.6 Å². The maximum atomic E-state index is 9.10. The van der Waals surface area contributed by atoms with Crippen LogP contribution in [0.3, 0.4) is 0 Å². The highest BCUT2D eigenvalue weighted by molar-refractivity contribution is 6.27. The van der Waals surface area contributed by atoms with E-state index < -0.39 is 23.9 Å². The van der Waals surface area contributed by atoms with E-state index in [-0.39, 0.29) is 0 Å². The number of fused-ring (bicyclic) bond motifs is 1. The summed E-state index contributed by atoms with van der Waals surface area (Å²) in [4.78, 5) is 43.4. The maximum absolute atomic E-state index is 9.10. The molecule has 0 aliphatic heterocycles. The Kier molecular flexibility index (Phi) is 12.6. The zero-order valence-electron chi connectivity index (χ0n) is 20.5. The summed E-state index contributed by atoms with van der Waals surface area (Å²) in [5.74, 6) is -5.57. The summed E-state index contributed by atoms with van der Waals surface area (Å²) in [6, 6.07) is 18.6. The van der Waals surface area contributed by atoms with E-state index in [0.29, 0.717) is 0 Å². The molecule has 0 fully saturated rings. The summed E-state index contributed by atoms with van der Waals surface area (Å²) in [7, 11) is 5.87. The molecule has 0 saturated carbocycles. The van der Waals surface area contributed by atoms with Crippen LogP contribution in [0.4, 0.5) is 5.82 Å². The van der Waals surface area contributed by atoms with E-state index in [9.17, 15) is 0 Å². The van der Waals surface area contributed by atoms with Crippen molar-refractivity contribution in [3.63, 3.8) is 0 Å². The molecule has 0 atom stereocenters. The molecule has 3 rings (SSSR count). The maximum Gasteiger partial charge on any atom is 0.414 e. The SMILES string of the molecule is COc1ccc2c(-c3ccccc3)cc(NCCCN(C)C)nc2c1.O=C(O)C(=O)O.O=C(O)C(=O)O. The van der Waals surface area contributed by atoms with Crippen molar-refractivity contribution < 1.29 is 44.3 Å². The number of carboxylic acids is 4. The largest absolute Gasteiger partial charge is 0.497 e. The Morgan fingerprint density at radius 3 is 1.92 bits per heavy atom. The third-order valence-electron chi connectivity index (χ3n) is 4.56. The number of methoxy groups -OCH3 is 1. The Labute approximate surface area is 212 Å².